The SMILES string of the molecule is Fc1cc(-c2cn(C3CCCCO3)nn2)cc(F)c1F. The van der Waals surface area contributed by atoms with E-state index in [1.165, 1.54) is 4.68 Å². The molecule has 1 saturated heterocycles. The predicted octanol–water partition coefficient (Wildman–Crippen LogP) is 3.06. The van der Waals surface area contributed by atoms with Crippen molar-refractivity contribution in [3.05, 3.63) is 35.8 Å². The van der Waals surface area contributed by atoms with Gasteiger partial charge in [0.05, 0.1) is 6.20 Å². The van der Waals surface area contributed by atoms with Gasteiger partial charge in [0.2, 0.25) is 0 Å². The smallest absolute Gasteiger partial charge is 0.194 e. The summed E-state index contributed by atoms with van der Waals surface area (Å²) >= 11 is 0. The second-order valence-corrected chi connectivity index (χ2v) is 4.66. The van der Waals surface area contributed by atoms with E-state index in [0.717, 1.165) is 31.4 Å². The highest BCUT2D eigenvalue weighted by Crippen LogP contribution is 2.25. The van der Waals surface area contributed by atoms with Gasteiger partial charge in [-0.2, -0.15) is 0 Å². The van der Waals surface area contributed by atoms with Crippen LogP contribution in [0, 0.1) is 17.5 Å². The van der Waals surface area contributed by atoms with Crippen LogP contribution in [0.4, 0.5) is 13.2 Å². The van der Waals surface area contributed by atoms with Crippen molar-refractivity contribution in [2.45, 2.75) is 25.5 Å². The van der Waals surface area contributed by atoms with Gasteiger partial charge in [-0.15, -0.1) is 5.10 Å². The highest BCUT2D eigenvalue weighted by molar-refractivity contribution is 5.57. The van der Waals surface area contributed by atoms with Crippen LogP contribution in [0.15, 0.2) is 18.3 Å². The van der Waals surface area contributed by atoms with Gasteiger partial charge in [-0.3, -0.25) is 0 Å². The highest BCUT2D eigenvalue weighted by Gasteiger charge is 2.19. The van der Waals surface area contributed by atoms with E-state index in [1.807, 2.05) is 0 Å². The molecule has 0 spiro atoms. The molecule has 1 unspecified atom stereocenters. The average molecular weight is 283 g/mol. The molecule has 0 amide bonds. The minimum Gasteiger partial charge on any atom is -0.356 e. The molecular weight excluding hydrogens is 271 g/mol. The number of benzene rings is 1. The largest absolute Gasteiger partial charge is 0.356 e. The molecule has 7 heteroatoms. The molecule has 1 atom stereocenters. The van der Waals surface area contributed by atoms with E-state index < -0.39 is 17.5 Å². The van der Waals surface area contributed by atoms with Gasteiger partial charge in [0, 0.05) is 12.2 Å². The fourth-order valence-corrected chi connectivity index (χ4v) is 2.19. The third kappa shape index (κ3) is 2.40. The molecule has 0 saturated carbocycles. The maximum absolute atomic E-state index is 13.2. The van der Waals surface area contributed by atoms with Crippen molar-refractivity contribution < 1.29 is 17.9 Å². The van der Waals surface area contributed by atoms with Crippen LogP contribution < -0.4 is 0 Å². The fourth-order valence-electron chi connectivity index (χ4n) is 2.19. The number of ether oxygens (including phenoxy) is 1. The van der Waals surface area contributed by atoms with Crippen molar-refractivity contribution in [3.8, 4) is 11.3 Å². The Bertz CT molecular complexity index is 600. The Labute approximate surface area is 113 Å². The molecule has 0 radical (unpaired) electrons. The molecule has 4 nitrogen and oxygen atoms in total. The zero-order chi connectivity index (χ0) is 14.1. The standard InChI is InChI=1S/C13H12F3N3O/c14-9-5-8(6-10(15)13(9)16)11-7-19(18-17-11)12-3-1-2-4-20-12/h5-7,12H,1-4H2. The summed E-state index contributed by atoms with van der Waals surface area (Å²) in [4.78, 5) is 0. The topological polar surface area (TPSA) is 39.9 Å². The van der Waals surface area contributed by atoms with Crippen LogP contribution in [-0.2, 0) is 4.74 Å². The van der Waals surface area contributed by atoms with Crippen LogP contribution in [0.25, 0.3) is 11.3 Å². The molecule has 1 aliphatic rings. The summed E-state index contributed by atoms with van der Waals surface area (Å²) in [6.07, 6.45) is 4.18. The van der Waals surface area contributed by atoms with Crippen molar-refractivity contribution >= 4 is 0 Å². The third-order valence-electron chi connectivity index (χ3n) is 3.24. The molecule has 106 valence electrons. The van der Waals surface area contributed by atoms with E-state index in [2.05, 4.69) is 10.3 Å². The first kappa shape index (κ1) is 13.1. The number of nitrogens with zero attached hydrogens (tertiary/aromatic N) is 3. The van der Waals surface area contributed by atoms with Crippen molar-refractivity contribution in [1.29, 1.82) is 0 Å². The number of halogens is 3. The number of hydrogen-bond acceptors (Lipinski definition) is 3. The third-order valence-corrected chi connectivity index (χ3v) is 3.24. The minimum absolute atomic E-state index is 0.142. The average Bonchev–Trinajstić information content (AvgIpc) is 2.95. The van der Waals surface area contributed by atoms with Crippen LogP contribution >= 0.6 is 0 Å². The van der Waals surface area contributed by atoms with Gasteiger partial charge in [-0.1, -0.05) is 5.21 Å². The fraction of sp³-hybridized carbons (Fsp3) is 0.385. The number of rotatable bonds is 2. The van der Waals surface area contributed by atoms with Gasteiger partial charge in [0.1, 0.15) is 5.69 Å². The Morgan fingerprint density at radius 3 is 2.55 bits per heavy atom. The predicted molar refractivity (Wildman–Crippen MR) is 64.2 cm³/mol. The van der Waals surface area contributed by atoms with Crippen LogP contribution in [0.5, 0.6) is 0 Å². The monoisotopic (exact) mass is 283 g/mol. The first-order valence-corrected chi connectivity index (χ1v) is 6.33. The lowest BCUT2D eigenvalue weighted by Gasteiger charge is -2.21. The van der Waals surface area contributed by atoms with E-state index in [9.17, 15) is 13.2 Å². The molecule has 0 aliphatic carbocycles. The summed E-state index contributed by atoms with van der Waals surface area (Å²) in [5.41, 5.74) is 0.417. The molecule has 1 aromatic heterocycles. The molecule has 1 fully saturated rings. The molecule has 0 bridgehead atoms. The van der Waals surface area contributed by atoms with E-state index in [0.29, 0.717) is 6.61 Å². The Morgan fingerprint density at radius 2 is 1.90 bits per heavy atom. The van der Waals surface area contributed by atoms with Gasteiger partial charge in [-0.05, 0) is 31.4 Å². The van der Waals surface area contributed by atoms with Gasteiger partial charge in [-0.25, -0.2) is 17.9 Å². The normalized spacial score (nSPS) is 19.2. The molecule has 2 aromatic rings. The number of aromatic nitrogens is 3. The van der Waals surface area contributed by atoms with Crippen molar-refractivity contribution in [2.75, 3.05) is 6.61 Å². The lowest BCUT2D eigenvalue weighted by atomic mass is 10.1. The summed E-state index contributed by atoms with van der Waals surface area (Å²) in [5.74, 6) is -3.98. The summed E-state index contributed by atoms with van der Waals surface area (Å²) in [6, 6.07) is 1.79. The Kier molecular flexibility index (Phi) is 3.43. The maximum Gasteiger partial charge on any atom is 0.194 e. The molecule has 20 heavy (non-hydrogen) atoms. The van der Waals surface area contributed by atoms with E-state index >= 15 is 0 Å². The van der Waals surface area contributed by atoms with Gasteiger partial charge in [0.15, 0.2) is 23.7 Å². The minimum atomic E-state index is -1.49. The van der Waals surface area contributed by atoms with Gasteiger partial charge >= 0.3 is 0 Å². The molecule has 1 aromatic carbocycles. The zero-order valence-corrected chi connectivity index (χ0v) is 10.5. The summed E-state index contributed by atoms with van der Waals surface area (Å²) in [7, 11) is 0. The van der Waals surface area contributed by atoms with Crippen LogP contribution in [-0.4, -0.2) is 21.6 Å². The summed E-state index contributed by atoms with van der Waals surface area (Å²) in [6.45, 7) is 0.652. The molecule has 3 rings (SSSR count). The molecular formula is C13H12F3N3O. The van der Waals surface area contributed by atoms with Crippen molar-refractivity contribution in [2.24, 2.45) is 0 Å². The van der Waals surface area contributed by atoms with Crippen LogP contribution in [0.2, 0.25) is 0 Å². The quantitative estimate of drug-likeness (QED) is 0.795. The Hall–Kier alpha value is -1.89. The summed E-state index contributed by atoms with van der Waals surface area (Å²) < 4.78 is 46.3. The van der Waals surface area contributed by atoms with Crippen molar-refractivity contribution in [1.82, 2.24) is 15.0 Å². The highest BCUT2D eigenvalue weighted by atomic mass is 19.2. The molecule has 2 heterocycles. The molecule has 1 aliphatic heterocycles. The van der Waals surface area contributed by atoms with Crippen molar-refractivity contribution in [3.63, 3.8) is 0 Å². The van der Waals surface area contributed by atoms with Gasteiger partial charge < -0.3 is 4.74 Å². The van der Waals surface area contributed by atoms with E-state index in [-0.39, 0.29) is 17.5 Å². The Balaban J connectivity index is 1.89. The Morgan fingerprint density at radius 1 is 1.15 bits per heavy atom. The molecule has 0 N–H and O–H groups in total. The summed E-state index contributed by atoms with van der Waals surface area (Å²) in [5, 5.41) is 7.75. The number of hydrogen-bond donors (Lipinski definition) is 0. The second kappa shape index (κ2) is 5.24. The van der Waals surface area contributed by atoms with Gasteiger partial charge in [0.25, 0.3) is 0 Å². The first-order valence-electron chi connectivity index (χ1n) is 6.33. The first-order chi connectivity index (χ1) is 9.65. The zero-order valence-electron chi connectivity index (χ0n) is 10.5. The van der Waals surface area contributed by atoms with Crippen LogP contribution in [0.3, 0.4) is 0 Å². The lowest BCUT2D eigenvalue weighted by molar-refractivity contribution is -0.0404. The van der Waals surface area contributed by atoms with E-state index in [4.69, 9.17) is 4.74 Å². The lowest BCUT2D eigenvalue weighted by Crippen LogP contribution is -2.18. The maximum atomic E-state index is 13.2. The van der Waals surface area contributed by atoms with E-state index in [1.54, 1.807) is 6.20 Å². The van der Waals surface area contributed by atoms with Crippen LogP contribution in [0.1, 0.15) is 25.5 Å². The second-order valence-electron chi connectivity index (χ2n) is 4.66.